The molecule has 208 valence electrons. The smallest absolute Gasteiger partial charge is 0.316 e. The van der Waals surface area contributed by atoms with Gasteiger partial charge in [-0.1, -0.05) is 0 Å². The molecule has 4 rings (SSSR count). The molecule has 0 saturated carbocycles. The molecular weight excluding hydrogens is 511 g/mol. The number of nitrogens with one attached hydrogen (secondary N) is 2. The molecule has 2 aromatic heterocycles. The van der Waals surface area contributed by atoms with E-state index < -0.39 is 28.9 Å². The molecule has 3 aromatic rings. The van der Waals surface area contributed by atoms with Gasteiger partial charge >= 0.3 is 11.8 Å². The molecule has 4 N–H and O–H groups in total. The topological polar surface area (TPSA) is 164 Å². The molecule has 1 amide bonds. The Morgan fingerprint density at radius 2 is 1.87 bits per heavy atom. The van der Waals surface area contributed by atoms with Crippen LogP contribution < -0.4 is 11.1 Å². The lowest BCUT2D eigenvalue weighted by molar-refractivity contribution is -0.294. The standard InChI is InChI=1S/C26H31FN6O6/c1-15(2)39-23(35)25(3)13-37-26(21(28)34,38-14-25)22-32-19(16-5-7-17(27)8-6-16)20(33-22)18-9-10-29-24(31-18)30-11-12-36-4/h5-10,15H,11-14H2,1-4H3,(H2,28,34)(H,32,33)(H,29,30,31). The second-order valence-electron chi connectivity index (χ2n) is 9.57. The number of amides is 1. The van der Waals surface area contributed by atoms with Crippen molar-refractivity contribution in [1.29, 1.82) is 0 Å². The van der Waals surface area contributed by atoms with Crippen molar-refractivity contribution < 1.29 is 32.9 Å². The molecule has 0 radical (unpaired) electrons. The number of primary amides is 1. The maximum absolute atomic E-state index is 13.7. The van der Waals surface area contributed by atoms with Gasteiger partial charge in [-0.05, 0) is 51.1 Å². The summed E-state index contributed by atoms with van der Waals surface area (Å²) in [5, 5.41) is 3.05. The predicted octanol–water partition coefficient (Wildman–Crippen LogP) is 2.37. The van der Waals surface area contributed by atoms with E-state index in [1.807, 2.05) is 0 Å². The Bertz CT molecular complexity index is 1320. The number of nitrogens with zero attached hydrogens (tertiary/aromatic N) is 3. The minimum Gasteiger partial charge on any atom is -0.462 e. The zero-order chi connectivity index (χ0) is 28.2. The van der Waals surface area contributed by atoms with Gasteiger partial charge in [0.25, 0.3) is 5.91 Å². The van der Waals surface area contributed by atoms with Gasteiger partial charge in [0.15, 0.2) is 5.82 Å². The van der Waals surface area contributed by atoms with Crippen LogP contribution in [-0.2, 0) is 34.3 Å². The number of rotatable bonds is 10. The Morgan fingerprint density at radius 1 is 1.18 bits per heavy atom. The number of ether oxygens (including phenoxy) is 4. The number of benzene rings is 1. The summed E-state index contributed by atoms with van der Waals surface area (Å²) in [4.78, 5) is 41.8. The van der Waals surface area contributed by atoms with Crippen molar-refractivity contribution in [2.24, 2.45) is 11.1 Å². The maximum atomic E-state index is 13.7. The number of methoxy groups -OCH3 is 1. The lowest BCUT2D eigenvalue weighted by Crippen LogP contribution is -2.56. The fraction of sp³-hybridized carbons (Fsp3) is 0.423. The fourth-order valence-electron chi connectivity index (χ4n) is 3.85. The van der Waals surface area contributed by atoms with Crippen LogP contribution in [0.4, 0.5) is 10.3 Å². The summed E-state index contributed by atoms with van der Waals surface area (Å²) in [5.41, 5.74) is 6.27. The Labute approximate surface area is 224 Å². The molecule has 1 aliphatic heterocycles. The van der Waals surface area contributed by atoms with Crippen LogP contribution in [0.25, 0.3) is 22.6 Å². The highest BCUT2D eigenvalue weighted by molar-refractivity contribution is 5.85. The quantitative estimate of drug-likeness (QED) is 0.256. The highest BCUT2D eigenvalue weighted by Crippen LogP contribution is 2.39. The first kappa shape index (κ1) is 28.1. The van der Waals surface area contributed by atoms with E-state index in [1.165, 1.54) is 24.3 Å². The number of hydrogen-bond donors (Lipinski definition) is 3. The van der Waals surface area contributed by atoms with Gasteiger partial charge in [-0.15, -0.1) is 0 Å². The van der Waals surface area contributed by atoms with E-state index in [2.05, 4.69) is 25.3 Å². The van der Waals surface area contributed by atoms with E-state index in [0.717, 1.165) is 0 Å². The van der Waals surface area contributed by atoms with Crippen molar-refractivity contribution >= 4 is 17.8 Å². The number of carbonyl (C=O) groups is 2. The van der Waals surface area contributed by atoms with Crippen LogP contribution in [0.3, 0.4) is 0 Å². The molecule has 1 saturated heterocycles. The fourth-order valence-corrected chi connectivity index (χ4v) is 3.85. The van der Waals surface area contributed by atoms with Crippen LogP contribution in [0.5, 0.6) is 0 Å². The number of hydrogen-bond acceptors (Lipinski definition) is 10. The number of aromatic amines is 1. The van der Waals surface area contributed by atoms with E-state index >= 15 is 0 Å². The molecule has 12 nitrogen and oxygen atoms in total. The van der Waals surface area contributed by atoms with E-state index in [1.54, 1.807) is 40.1 Å². The minimum absolute atomic E-state index is 0.0592. The number of H-pyrrole nitrogens is 1. The molecule has 0 atom stereocenters. The van der Waals surface area contributed by atoms with Crippen molar-refractivity contribution in [3.05, 3.63) is 48.2 Å². The number of halogens is 1. The Hall–Kier alpha value is -3.94. The highest BCUT2D eigenvalue weighted by Gasteiger charge is 2.54. The zero-order valence-corrected chi connectivity index (χ0v) is 22.1. The van der Waals surface area contributed by atoms with Crippen LogP contribution in [0.1, 0.15) is 26.6 Å². The van der Waals surface area contributed by atoms with Crippen LogP contribution in [0.15, 0.2) is 36.5 Å². The maximum Gasteiger partial charge on any atom is 0.316 e. The average Bonchev–Trinajstić information content (AvgIpc) is 3.35. The van der Waals surface area contributed by atoms with Gasteiger partial charge in [0.05, 0.1) is 43.0 Å². The molecule has 3 heterocycles. The molecule has 1 aromatic carbocycles. The number of aromatic nitrogens is 4. The highest BCUT2D eigenvalue weighted by atomic mass is 19.1. The van der Waals surface area contributed by atoms with Crippen molar-refractivity contribution in [3.63, 3.8) is 0 Å². The summed E-state index contributed by atoms with van der Waals surface area (Å²) < 4.78 is 35.8. The first-order chi connectivity index (χ1) is 18.6. The molecule has 0 aliphatic carbocycles. The largest absolute Gasteiger partial charge is 0.462 e. The number of imidazole rings is 1. The lowest BCUT2D eigenvalue weighted by atomic mass is 9.91. The zero-order valence-electron chi connectivity index (χ0n) is 22.1. The van der Waals surface area contributed by atoms with Crippen molar-refractivity contribution in [2.75, 3.05) is 38.8 Å². The van der Waals surface area contributed by atoms with Crippen LogP contribution in [0.2, 0.25) is 0 Å². The summed E-state index contributed by atoms with van der Waals surface area (Å²) in [6.45, 7) is 5.55. The Kier molecular flexibility index (Phi) is 8.23. The second kappa shape index (κ2) is 11.4. The van der Waals surface area contributed by atoms with Gasteiger partial charge < -0.3 is 35.0 Å². The SMILES string of the molecule is COCCNc1nccc(-c2[nH]c(C3(C(N)=O)OCC(C)(C(=O)OC(C)C)CO3)nc2-c2ccc(F)cc2)n1. The molecular formula is C26H31FN6O6. The molecule has 0 unspecified atom stereocenters. The Morgan fingerprint density at radius 3 is 2.49 bits per heavy atom. The van der Waals surface area contributed by atoms with Gasteiger partial charge in [0, 0.05) is 25.4 Å². The summed E-state index contributed by atoms with van der Waals surface area (Å²) in [6.07, 6.45) is 1.21. The van der Waals surface area contributed by atoms with Crippen molar-refractivity contribution in [1.82, 2.24) is 19.9 Å². The monoisotopic (exact) mass is 542 g/mol. The summed E-state index contributed by atoms with van der Waals surface area (Å²) in [5.74, 6) is -3.79. The van der Waals surface area contributed by atoms with Crippen molar-refractivity contribution in [3.8, 4) is 22.6 Å². The Balaban J connectivity index is 1.75. The van der Waals surface area contributed by atoms with Gasteiger partial charge in [-0.25, -0.2) is 19.3 Å². The van der Waals surface area contributed by atoms with E-state index in [-0.39, 0.29) is 25.1 Å². The molecule has 39 heavy (non-hydrogen) atoms. The van der Waals surface area contributed by atoms with Gasteiger partial charge in [-0.2, -0.15) is 0 Å². The molecule has 1 aliphatic rings. The van der Waals surface area contributed by atoms with Gasteiger partial charge in [-0.3, -0.25) is 9.59 Å². The average molecular weight is 543 g/mol. The van der Waals surface area contributed by atoms with Crippen LogP contribution in [-0.4, -0.2) is 71.4 Å². The number of esters is 1. The second-order valence-corrected chi connectivity index (χ2v) is 9.57. The summed E-state index contributed by atoms with van der Waals surface area (Å²) in [7, 11) is 1.58. The van der Waals surface area contributed by atoms with E-state index in [0.29, 0.717) is 41.7 Å². The molecule has 13 heteroatoms. The van der Waals surface area contributed by atoms with E-state index in [4.69, 9.17) is 24.7 Å². The summed E-state index contributed by atoms with van der Waals surface area (Å²) >= 11 is 0. The molecule has 0 spiro atoms. The van der Waals surface area contributed by atoms with Crippen LogP contribution in [0, 0.1) is 11.2 Å². The minimum atomic E-state index is -2.13. The molecule has 1 fully saturated rings. The van der Waals surface area contributed by atoms with Gasteiger partial charge in [0.1, 0.15) is 11.2 Å². The van der Waals surface area contributed by atoms with Gasteiger partial charge in [0.2, 0.25) is 5.95 Å². The third-order valence-corrected chi connectivity index (χ3v) is 5.98. The summed E-state index contributed by atoms with van der Waals surface area (Å²) in [6, 6.07) is 7.29. The third-order valence-electron chi connectivity index (χ3n) is 5.98. The van der Waals surface area contributed by atoms with Crippen molar-refractivity contribution in [2.45, 2.75) is 32.7 Å². The third kappa shape index (κ3) is 5.90. The first-order valence-corrected chi connectivity index (χ1v) is 12.3. The first-order valence-electron chi connectivity index (χ1n) is 12.3. The van der Waals surface area contributed by atoms with E-state index in [9.17, 15) is 14.0 Å². The lowest BCUT2D eigenvalue weighted by Gasteiger charge is -2.40. The number of carbonyl (C=O) groups excluding carboxylic acids is 2. The molecule has 0 bridgehead atoms. The van der Waals surface area contributed by atoms with Crippen LogP contribution >= 0.6 is 0 Å². The predicted molar refractivity (Wildman–Crippen MR) is 137 cm³/mol. The number of nitrogens with two attached hydrogens (primary N) is 1. The normalized spacial score (nSPS) is 21.1. The number of anilines is 1.